The molecule has 2 rings (SSSR count). The maximum atomic E-state index is 12.1. The minimum absolute atomic E-state index is 0.0180. The molecule has 0 radical (unpaired) electrons. The largest absolute Gasteiger partial charge is 0.492 e. The van der Waals surface area contributed by atoms with Crippen LogP contribution < -0.4 is 4.74 Å². The van der Waals surface area contributed by atoms with Gasteiger partial charge in [0, 0.05) is 0 Å². The van der Waals surface area contributed by atoms with E-state index in [1.165, 1.54) is 12.1 Å². The van der Waals surface area contributed by atoms with Crippen molar-refractivity contribution in [2.24, 2.45) is 0 Å². The number of ether oxygens (including phenoxy) is 1. The van der Waals surface area contributed by atoms with Gasteiger partial charge in [-0.15, -0.1) is 0 Å². The van der Waals surface area contributed by atoms with Crippen LogP contribution in [0.25, 0.3) is 0 Å². The molecular weight excluding hydrogens is 336 g/mol. The highest BCUT2D eigenvalue weighted by molar-refractivity contribution is 7.91. The SMILES string of the molecule is O=C(O)c1cc(OCCS(=O)(=O)c2ccccc2)cc(C(=O)O)c1. The van der Waals surface area contributed by atoms with Gasteiger partial charge in [0.15, 0.2) is 9.84 Å². The van der Waals surface area contributed by atoms with Gasteiger partial charge in [-0.05, 0) is 30.3 Å². The number of hydrogen-bond donors (Lipinski definition) is 2. The fourth-order valence-electron chi connectivity index (χ4n) is 1.94. The molecule has 0 atom stereocenters. The van der Waals surface area contributed by atoms with E-state index in [1.54, 1.807) is 18.2 Å². The summed E-state index contributed by atoms with van der Waals surface area (Å²) in [7, 11) is -3.54. The molecule has 126 valence electrons. The Bertz CT molecular complexity index is 825. The quantitative estimate of drug-likeness (QED) is 0.783. The van der Waals surface area contributed by atoms with Crippen LogP contribution in [0.5, 0.6) is 5.75 Å². The second kappa shape index (κ2) is 7.14. The maximum Gasteiger partial charge on any atom is 0.335 e. The van der Waals surface area contributed by atoms with Crippen molar-refractivity contribution in [1.82, 2.24) is 0 Å². The Hall–Kier alpha value is -2.87. The van der Waals surface area contributed by atoms with Gasteiger partial charge in [0.1, 0.15) is 12.4 Å². The molecule has 0 aliphatic rings. The lowest BCUT2D eigenvalue weighted by molar-refractivity contribution is 0.0696. The predicted octanol–water partition coefficient (Wildman–Crippen LogP) is 1.94. The molecule has 0 saturated heterocycles. The van der Waals surface area contributed by atoms with Crippen LogP contribution in [0.1, 0.15) is 20.7 Å². The Balaban J connectivity index is 2.12. The van der Waals surface area contributed by atoms with Gasteiger partial charge in [0.25, 0.3) is 0 Å². The van der Waals surface area contributed by atoms with E-state index in [0.717, 1.165) is 18.2 Å². The van der Waals surface area contributed by atoms with Crippen molar-refractivity contribution in [3.8, 4) is 5.75 Å². The Kier molecular flexibility index (Phi) is 5.20. The molecule has 2 aromatic carbocycles. The smallest absolute Gasteiger partial charge is 0.335 e. The average molecular weight is 350 g/mol. The Labute approximate surface area is 138 Å². The molecular formula is C16H14O7S. The van der Waals surface area contributed by atoms with Crippen LogP contribution in [-0.2, 0) is 9.84 Å². The Morgan fingerprint density at radius 3 is 1.96 bits per heavy atom. The van der Waals surface area contributed by atoms with Crippen LogP contribution in [0.2, 0.25) is 0 Å². The number of benzene rings is 2. The number of aromatic carboxylic acids is 2. The predicted molar refractivity (Wildman–Crippen MR) is 84.4 cm³/mol. The van der Waals surface area contributed by atoms with Gasteiger partial charge in [0.2, 0.25) is 0 Å². The summed E-state index contributed by atoms with van der Waals surface area (Å²) in [6.45, 7) is -0.237. The van der Waals surface area contributed by atoms with Gasteiger partial charge in [-0.3, -0.25) is 0 Å². The topological polar surface area (TPSA) is 118 Å². The molecule has 0 bridgehead atoms. The Morgan fingerprint density at radius 2 is 1.46 bits per heavy atom. The summed E-state index contributed by atoms with van der Waals surface area (Å²) in [5, 5.41) is 17.9. The van der Waals surface area contributed by atoms with Gasteiger partial charge in [-0.25, -0.2) is 18.0 Å². The molecule has 7 nitrogen and oxygen atoms in total. The minimum Gasteiger partial charge on any atom is -0.492 e. The van der Waals surface area contributed by atoms with Crippen molar-refractivity contribution < 1.29 is 33.0 Å². The van der Waals surface area contributed by atoms with Crippen molar-refractivity contribution in [3.05, 3.63) is 59.7 Å². The van der Waals surface area contributed by atoms with Gasteiger partial charge >= 0.3 is 11.9 Å². The highest BCUT2D eigenvalue weighted by Gasteiger charge is 2.15. The van der Waals surface area contributed by atoms with Crippen molar-refractivity contribution in [3.63, 3.8) is 0 Å². The fraction of sp³-hybridized carbons (Fsp3) is 0.125. The molecule has 0 unspecified atom stereocenters. The highest BCUT2D eigenvalue weighted by atomic mass is 32.2. The standard InChI is InChI=1S/C16H14O7S/c17-15(18)11-8-12(16(19)20)10-13(9-11)23-6-7-24(21,22)14-4-2-1-3-5-14/h1-5,8-10H,6-7H2,(H,17,18)(H,19,20). The van der Waals surface area contributed by atoms with Crippen molar-refractivity contribution in [2.45, 2.75) is 4.90 Å². The molecule has 0 aliphatic heterocycles. The van der Waals surface area contributed by atoms with Crippen LogP contribution in [0.3, 0.4) is 0 Å². The summed E-state index contributed by atoms with van der Waals surface area (Å²) in [4.78, 5) is 22.2. The number of sulfone groups is 1. The summed E-state index contributed by atoms with van der Waals surface area (Å²) >= 11 is 0. The normalized spacial score (nSPS) is 11.0. The zero-order chi connectivity index (χ0) is 17.7. The number of carbonyl (C=O) groups is 2. The van der Waals surface area contributed by atoms with Gasteiger partial charge in [-0.1, -0.05) is 18.2 Å². The monoisotopic (exact) mass is 350 g/mol. The van der Waals surface area contributed by atoms with E-state index in [9.17, 15) is 18.0 Å². The molecule has 2 aromatic rings. The second-order valence-electron chi connectivity index (χ2n) is 4.84. The first-order chi connectivity index (χ1) is 11.3. The van der Waals surface area contributed by atoms with Crippen LogP contribution in [0.15, 0.2) is 53.4 Å². The molecule has 0 fully saturated rings. The summed E-state index contributed by atoms with van der Waals surface area (Å²) in [5.41, 5.74) is -0.508. The molecule has 24 heavy (non-hydrogen) atoms. The van der Waals surface area contributed by atoms with Crippen molar-refractivity contribution >= 4 is 21.8 Å². The van der Waals surface area contributed by atoms with Crippen LogP contribution in [0, 0.1) is 0 Å². The lowest BCUT2D eigenvalue weighted by Crippen LogP contribution is -2.14. The first kappa shape index (κ1) is 17.5. The fourth-order valence-corrected chi connectivity index (χ4v) is 3.05. The maximum absolute atomic E-state index is 12.1. The van der Waals surface area contributed by atoms with Crippen molar-refractivity contribution in [2.75, 3.05) is 12.4 Å². The zero-order valence-corrected chi connectivity index (χ0v) is 13.2. The Morgan fingerprint density at radius 1 is 0.917 bits per heavy atom. The highest BCUT2D eigenvalue weighted by Crippen LogP contribution is 2.18. The summed E-state index contributed by atoms with van der Waals surface area (Å²) < 4.78 is 29.4. The molecule has 0 heterocycles. The lowest BCUT2D eigenvalue weighted by atomic mass is 10.1. The summed E-state index contributed by atoms with van der Waals surface area (Å²) in [5.74, 6) is -2.95. The van der Waals surface area contributed by atoms with Gasteiger partial charge < -0.3 is 14.9 Å². The van der Waals surface area contributed by atoms with Crippen LogP contribution in [0.4, 0.5) is 0 Å². The van der Waals surface area contributed by atoms with E-state index in [1.807, 2.05) is 0 Å². The third-order valence-corrected chi connectivity index (χ3v) is 4.82. The average Bonchev–Trinajstić information content (AvgIpc) is 2.55. The third kappa shape index (κ3) is 4.32. The number of hydrogen-bond acceptors (Lipinski definition) is 5. The zero-order valence-electron chi connectivity index (χ0n) is 12.4. The molecule has 0 spiro atoms. The number of carboxylic acid groups (broad SMARTS) is 2. The van der Waals surface area contributed by atoms with Crippen LogP contribution in [-0.4, -0.2) is 42.9 Å². The first-order valence-electron chi connectivity index (χ1n) is 6.82. The van der Waals surface area contributed by atoms with E-state index < -0.39 is 21.8 Å². The van der Waals surface area contributed by atoms with E-state index in [2.05, 4.69) is 0 Å². The van der Waals surface area contributed by atoms with Gasteiger partial charge in [-0.2, -0.15) is 0 Å². The molecule has 0 aliphatic carbocycles. The van der Waals surface area contributed by atoms with E-state index >= 15 is 0 Å². The molecule has 2 N–H and O–H groups in total. The van der Waals surface area contributed by atoms with Crippen molar-refractivity contribution in [1.29, 1.82) is 0 Å². The summed E-state index contributed by atoms with van der Waals surface area (Å²) in [6, 6.07) is 11.1. The van der Waals surface area contributed by atoms with E-state index in [-0.39, 0.29) is 34.1 Å². The van der Waals surface area contributed by atoms with Gasteiger partial charge in [0.05, 0.1) is 21.8 Å². The third-order valence-electron chi connectivity index (χ3n) is 3.12. The molecule has 0 saturated carbocycles. The van der Waals surface area contributed by atoms with E-state index in [0.29, 0.717) is 0 Å². The van der Waals surface area contributed by atoms with Crippen LogP contribution >= 0.6 is 0 Å². The first-order valence-corrected chi connectivity index (χ1v) is 8.47. The molecule has 8 heteroatoms. The number of carboxylic acids is 2. The van der Waals surface area contributed by atoms with E-state index in [4.69, 9.17) is 14.9 Å². The molecule has 0 aromatic heterocycles. The number of rotatable bonds is 7. The second-order valence-corrected chi connectivity index (χ2v) is 6.95. The molecule has 0 amide bonds. The minimum atomic E-state index is -3.54. The lowest BCUT2D eigenvalue weighted by Gasteiger charge is -2.09. The summed E-state index contributed by atoms with van der Waals surface area (Å²) in [6.07, 6.45) is 0.